The van der Waals surface area contributed by atoms with Crippen LogP contribution in [0.25, 0.3) is 0 Å². The van der Waals surface area contributed by atoms with E-state index < -0.39 is 5.54 Å². The summed E-state index contributed by atoms with van der Waals surface area (Å²) >= 11 is 0. The number of aliphatic hydroxyl groups is 1. The molecule has 1 aliphatic carbocycles. The van der Waals surface area contributed by atoms with Crippen molar-refractivity contribution in [2.75, 3.05) is 6.61 Å². The monoisotopic (exact) mass is 242 g/mol. The van der Waals surface area contributed by atoms with Crippen molar-refractivity contribution in [3.05, 3.63) is 0 Å². The third-order valence-electron chi connectivity index (χ3n) is 4.19. The summed E-state index contributed by atoms with van der Waals surface area (Å²) in [7, 11) is 0. The minimum atomic E-state index is -0.434. The smallest absolute Gasteiger partial charge is 0.223 e. The van der Waals surface area contributed by atoms with Crippen LogP contribution in [0.1, 0.15) is 52.4 Å². The van der Waals surface area contributed by atoms with Crippen molar-refractivity contribution in [1.82, 2.24) is 5.32 Å². The van der Waals surface area contributed by atoms with Gasteiger partial charge in [0, 0.05) is 12.0 Å². The first-order chi connectivity index (χ1) is 8.06. The van der Waals surface area contributed by atoms with Crippen molar-refractivity contribution in [2.45, 2.75) is 64.0 Å². The quantitative estimate of drug-likeness (QED) is 0.677. The van der Waals surface area contributed by atoms with Crippen molar-refractivity contribution in [3.63, 3.8) is 0 Å². The highest BCUT2D eigenvalue weighted by molar-refractivity contribution is 5.79. The molecule has 0 saturated heterocycles. The molecule has 1 amide bonds. The van der Waals surface area contributed by atoms with E-state index in [1.54, 1.807) is 0 Å². The first-order valence-electron chi connectivity index (χ1n) is 6.75. The zero-order valence-electron chi connectivity index (χ0n) is 11.0. The lowest BCUT2D eigenvalue weighted by Crippen LogP contribution is -2.52. The predicted octanol–water partition coefficient (Wildman–Crippen LogP) is 1.17. The molecule has 100 valence electrons. The summed E-state index contributed by atoms with van der Waals surface area (Å²) in [6.07, 6.45) is 5.14. The van der Waals surface area contributed by atoms with E-state index in [0.717, 1.165) is 38.5 Å². The van der Waals surface area contributed by atoms with Gasteiger partial charge in [-0.15, -0.1) is 0 Å². The average Bonchev–Trinajstić information content (AvgIpc) is 2.37. The molecule has 4 nitrogen and oxygen atoms in total. The molecule has 0 aromatic carbocycles. The lowest BCUT2D eigenvalue weighted by molar-refractivity contribution is -0.128. The number of nitrogens with one attached hydrogen (secondary N) is 1. The predicted molar refractivity (Wildman–Crippen MR) is 68.5 cm³/mol. The number of hydrogen-bond donors (Lipinski definition) is 3. The molecule has 0 aromatic rings. The van der Waals surface area contributed by atoms with Crippen LogP contribution >= 0.6 is 0 Å². The zero-order valence-corrected chi connectivity index (χ0v) is 11.0. The van der Waals surface area contributed by atoms with Gasteiger partial charge in [0.2, 0.25) is 5.91 Å². The van der Waals surface area contributed by atoms with Crippen molar-refractivity contribution in [1.29, 1.82) is 0 Å². The molecule has 0 atom stereocenters. The summed E-state index contributed by atoms with van der Waals surface area (Å²) in [4.78, 5) is 12.1. The number of carbonyl (C=O) groups excluding carboxylic acids is 1. The van der Waals surface area contributed by atoms with Gasteiger partial charge in [-0.1, -0.05) is 13.8 Å². The maximum absolute atomic E-state index is 12.1. The van der Waals surface area contributed by atoms with Crippen molar-refractivity contribution in [3.8, 4) is 0 Å². The fraction of sp³-hybridized carbons (Fsp3) is 0.923. The molecule has 0 spiro atoms. The summed E-state index contributed by atoms with van der Waals surface area (Å²) in [5.41, 5.74) is 5.40. The van der Waals surface area contributed by atoms with Crippen LogP contribution in [-0.4, -0.2) is 29.2 Å². The highest BCUT2D eigenvalue weighted by Gasteiger charge is 2.31. The van der Waals surface area contributed by atoms with E-state index in [1.807, 2.05) is 13.8 Å². The van der Waals surface area contributed by atoms with Crippen molar-refractivity contribution in [2.24, 2.45) is 11.7 Å². The molecule has 1 rings (SSSR count). The Hall–Kier alpha value is -0.610. The minimum Gasteiger partial charge on any atom is -0.394 e. The molecule has 0 radical (unpaired) electrons. The molecular weight excluding hydrogens is 216 g/mol. The number of amides is 1. The Balaban J connectivity index is 2.53. The Kier molecular flexibility index (Phi) is 5.40. The van der Waals surface area contributed by atoms with E-state index in [-0.39, 0.29) is 24.5 Å². The van der Waals surface area contributed by atoms with Crippen LogP contribution in [0.4, 0.5) is 0 Å². The van der Waals surface area contributed by atoms with Gasteiger partial charge in [0.1, 0.15) is 0 Å². The van der Waals surface area contributed by atoms with Crippen LogP contribution in [0, 0.1) is 5.92 Å². The van der Waals surface area contributed by atoms with Gasteiger partial charge in [0.15, 0.2) is 0 Å². The van der Waals surface area contributed by atoms with E-state index in [4.69, 9.17) is 5.73 Å². The minimum absolute atomic E-state index is 0.0119. The van der Waals surface area contributed by atoms with Gasteiger partial charge in [-0.05, 0) is 38.5 Å². The number of aliphatic hydroxyl groups excluding tert-OH is 1. The van der Waals surface area contributed by atoms with E-state index >= 15 is 0 Å². The Morgan fingerprint density at radius 3 is 2.24 bits per heavy atom. The number of hydrogen-bond acceptors (Lipinski definition) is 3. The van der Waals surface area contributed by atoms with E-state index in [1.165, 1.54) is 0 Å². The van der Waals surface area contributed by atoms with E-state index in [9.17, 15) is 9.90 Å². The maximum Gasteiger partial charge on any atom is 0.223 e. The molecule has 1 fully saturated rings. The fourth-order valence-electron chi connectivity index (χ4n) is 2.43. The van der Waals surface area contributed by atoms with Gasteiger partial charge in [0.05, 0.1) is 12.1 Å². The summed E-state index contributed by atoms with van der Waals surface area (Å²) in [5, 5.41) is 12.5. The Morgan fingerprint density at radius 1 is 1.29 bits per heavy atom. The molecule has 17 heavy (non-hydrogen) atoms. The Labute approximate surface area is 104 Å². The second-order valence-electron chi connectivity index (χ2n) is 5.25. The molecule has 0 bridgehead atoms. The second kappa shape index (κ2) is 6.36. The van der Waals surface area contributed by atoms with Gasteiger partial charge >= 0.3 is 0 Å². The molecule has 0 unspecified atom stereocenters. The number of carbonyl (C=O) groups is 1. The molecule has 1 saturated carbocycles. The molecule has 0 aliphatic heterocycles. The first-order valence-corrected chi connectivity index (χ1v) is 6.75. The van der Waals surface area contributed by atoms with E-state index in [2.05, 4.69) is 5.32 Å². The summed E-state index contributed by atoms with van der Waals surface area (Å²) in [6, 6.07) is 0.263. The molecular formula is C13H26N2O2. The fourth-order valence-corrected chi connectivity index (χ4v) is 2.43. The van der Waals surface area contributed by atoms with Crippen LogP contribution < -0.4 is 11.1 Å². The second-order valence-corrected chi connectivity index (χ2v) is 5.25. The van der Waals surface area contributed by atoms with Crippen molar-refractivity contribution < 1.29 is 9.90 Å². The van der Waals surface area contributed by atoms with Gasteiger partial charge in [-0.2, -0.15) is 0 Å². The molecule has 4 heteroatoms. The van der Waals surface area contributed by atoms with Gasteiger partial charge in [0.25, 0.3) is 0 Å². The molecule has 0 heterocycles. The number of nitrogens with two attached hydrogens (primary N) is 1. The van der Waals surface area contributed by atoms with Gasteiger partial charge in [-0.25, -0.2) is 0 Å². The standard InChI is InChI=1S/C13H26N2O2/c1-3-13(4-2,9-16)15-12(17)10-5-7-11(14)8-6-10/h10-11,16H,3-9,14H2,1-2H3,(H,15,17). The topological polar surface area (TPSA) is 75.3 Å². The number of rotatable bonds is 5. The van der Waals surface area contributed by atoms with Crippen LogP contribution in [0.5, 0.6) is 0 Å². The third kappa shape index (κ3) is 3.68. The van der Waals surface area contributed by atoms with Crippen molar-refractivity contribution >= 4 is 5.91 Å². The molecule has 0 aromatic heterocycles. The van der Waals surface area contributed by atoms with Crippen LogP contribution in [0.2, 0.25) is 0 Å². The van der Waals surface area contributed by atoms with Gasteiger partial charge < -0.3 is 16.2 Å². The SMILES string of the molecule is CCC(CC)(CO)NC(=O)C1CCC(N)CC1. The Bertz CT molecular complexity index is 236. The van der Waals surface area contributed by atoms with Crippen LogP contribution in [0.3, 0.4) is 0 Å². The van der Waals surface area contributed by atoms with Crippen LogP contribution in [-0.2, 0) is 4.79 Å². The van der Waals surface area contributed by atoms with E-state index in [0.29, 0.717) is 0 Å². The molecule has 1 aliphatic rings. The lowest BCUT2D eigenvalue weighted by atomic mass is 9.84. The van der Waals surface area contributed by atoms with Crippen LogP contribution in [0.15, 0.2) is 0 Å². The first kappa shape index (κ1) is 14.5. The Morgan fingerprint density at radius 2 is 1.82 bits per heavy atom. The molecule has 4 N–H and O–H groups in total. The van der Waals surface area contributed by atoms with Gasteiger partial charge in [-0.3, -0.25) is 4.79 Å². The maximum atomic E-state index is 12.1. The zero-order chi connectivity index (χ0) is 12.9. The summed E-state index contributed by atoms with van der Waals surface area (Å²) in [5.74, 6) is 0.175. The largest absolute Gasteiger partial charge is 0.394 e. The highest BCUT2D eigenvalue weighted by Crippen LogP contribution is 2.25. The third-order valence-corrected chi connectivity index (χ3v) is 4.19. The average molecular weight is 242 g/mol. The highest BCUT2D eigenvalue weighted by atomic mass is 16.3. The summed E-state index contributed by atoms with van der Waals surface area (Å²) < 4.78 is 0. The normalized spacial score (nSPS) is 25.6. The lowest BCUT2D eigenvalue weighted by Gasteiger charge is -2.34. The summed E-state index contributed by atoms with van der Waals surface area (Å²) in [6.45, 7) is 4.01.